The second-order valence-electron chi connectivity index (χ2n) is 4.03. The van der Waals surface area contributed by atoms with Crippen molar-refractivity contribution in [2.24, 2.45) is 0 Å². The summed E-state index contributed by atoms with van der Waals surface area (Å²) in [6.45, 7) is 1.54. The molecule has 100 valence electrons. The lowest BCUT2D eigenvalue weighted by Gasteiger charge is -2.11. The molecule has 1 N–H and O–H groups in total. The van der Waals surface area contributed by atoms with Crippen LogP contribution in [0.5, 0.6) is 0 Å². The van der Waals surface area contributed by atoms with Crippen LogP contribution in [0.4, 0.5) is 13.2 Å². The molecule has 0 amide bonds. The standard InChI is InChI=1S/C13H9F3O2S/c1-7-4-8(13(14,15)16)2-3-9(7)10-5-19-6-11(10)12(17)18/h2-6H,1H3,(H,17,18). The molecule has 0 aliphatic carbocycles. The number of carboxylic acids is 1. The molecule has 0 unspecified atom stereocenters. The molecule has 0 saturated heterocycles. The van der Waals surface area contributed by atoms with Crippen molar-refractivity contribution < 1.29 is 23.1 Å². The molecule has 0 aliphatic heterocycles. The molecule has 0 fully saturated rings. The highest BCUT2D eigenvalue weighted by atomic mass is 32.1. The molecule has 1 aromatic carbocycles. The number of carbonyl (C=O) groups is 1. The van der Waals surface area contributed by atoms with Crippen molar-refractivity contribution in [3.8, 4) is 11.1 Å². The average Bonchev–Trinajstić information content (AvgIpc) is 2.76. The van der Waals surface area contributed by atoms with E-state index in [0.29, 0.717) is 16.7 Å². The van der Waals surface area contributed by atoms with Gasteiger partial charge in [0.1, 0.15) is 0 Å². The maximum atomic E-state index is 12.6. The number of benzene rings is 1. The van der Waals surface area contributed by atoms with Gasteiger partial charge in [-0.2, -0.15) is 24.5 Å². The highest BCUT2D eigenvalue weighted by molar-refractivity contribution is 7.08. The minimum Gasteiger partial charge on any atom is -0.478 e. The first-order valence-electron chi connectivity index (χ1n) is 5.28. The van der Waals surface area contributed by atoms with E-state index in [-0.39, 0.29) is 5.56 Å². The summed E-state index contributed by atoms with van der Waals surface area (Å²) in [7, 11) is 0. The van der Waals surface area contributed by atoms with Crippen molar-refractivity contribution in [1.29, 1.82) is 0 Å². The van der Waals surface area contributed by atoms with Crippen LogP contribution in [0, 0.1) is 6.92 Å². The fraction of sp³-hybridized carbons (Fsp3) is 0.154. The molecule has 2 aromatic rings. The lowest BCUT2D eigenvalue weighted by Crippen LogP contribution is -2.05. The van der Waals surface area contributed by atoms with Crippen LogP contribution in [0.2, 0.25) is 0 Å². The lowest BCUT2D eigenvalue weighted by atomic mass is 9.97. The molecule has 6 heteroatoms. The molecule has 0 atom stereocenters. The summed E-state index contributed by atoms with van der Waals surface area (Å²) in [5.74, 6) is -1.09. The summed E-state index contributed by atoms with van der Waals surface area (Å²) in [6.07, 6.45) is -4.40. The van der Waals surface area contributed by atoms with E-state index in [4.69, 9.17) is 5.11 Å². The van der Waals surface area contributed by atoms with Crippen LogP contribution >= 0.6 is 11.3 Å². The normalized spacial score (nSPS) is 11.6. The Morgan fingerprint density at radius 2 is 1.89 bits per heavy atom. The van der Waals surface area contributed by atoms with E-state index in [2.05, 4.69) is 0 Å². The Hall–Kier alpha value is -1.82. The van der Waals surface area contributed by atoms with Crippen LogP contribution in [0.1, 0.15) is 21.5 Å². The van der Waals surface area contributed by atoms with Gasteiger partial charge in [-0.25, -0.2) is 4.79 Å². The summed E-state index contributed by atoms with van der Waals surface area (Å²) < 4.78 is 37.7. The van der Waals surface area contributed by atoms with Crippen LogP contribution < -0.4 is 0 Å². The van der Waals surface area contributed by atoms with Gasteiger partial charge in [0.2, 0.25) is 0 Å². The van der Waals surface area contributed by atoms with E-state index in [1.807, 2.05) is 0 Å². The quantitative estimate of drug-likeness (QED) is 0.886. The first-order valence-corrected chi connectivity index (χ1v) is 6.22. The van der Waals surface area contributed by atoms with Crippen molar-refractivity contribution in [2.75, 3.05) is 0 Å². The zero-order chi connectivity index (χ0) is 14.2. The molecule has 19 heavy (non-hydrogen) atoms. The van der Waals surface area contributed by atoms with Crippen molar-refractivity contribution >= 4 is 17.3 Å². The van der Waals surface area contributed by atoms with Gasteiger partial charge < -0.3 is 5.11 Å². The third-order valence-electron chi connectivity index (χ3n) is 2.74. The Balaban J connectivity index is 2.53. The lowest BCUT2D eigenvalue weighted by molar-refractivity contribution is -0.137. The third kappa shape index (κ3) is 2.63. The van der Waals surface area contributed by atoms with Crippen molar-refractivity contribution in [3.63, 3.8) is 0 Å². The summed E-state index contributed by atoms with van der Waals surface area (Å²) in [5, 5.41) is 12.1. The maximum Gasteiger partial charge on any atom is 0.416 e. The fourth-order valence-corrected chi connectivity index (χ4v) is 2.64. The van der Waals surface area contributed by atoms with Crippen molar-refractivity contribution in [2.45, 2.75) is 13.1 Å². The molecule has 0 saturated carbocycles. The van der Waals surface area contributed by atoms with Gasteiger partial charge in [0.15, 0.2) is 0 Å². The first-order chi connectivity index (χ1) is 8.80. The Kier molecular flexibility index (Phi) is 3.36. The molecule has 1 aromatic heterocycles. The molecule has 0 aliphatic rings. The fourth-order valence-electron chi connectivity index (χ4n) is 1.81. The minimum atomic E-state index is -4.40. The molecule has 0 radical (unpaired) electrons. The predicted molar refractivity (Wildman–Crippen MR) is 66.5 cm³/mol. The number of hydrogen-bond acceptors (Lipinski definition) is 2. The Bertz CT molecular complexity index is 629. The molecular weight excluding hydrogens is 277 g/mol. The molecule has 0 bridgehead atoms. The molecule has 2 nitrogen and oxygen atoms in total. The van der Waals surface area contributed by atoms with Crippen LogP contribution in [0.3, 0.4) is 0 Å². The van der Waals surface area contributed by atoms with Gasteiger partial charge in [-0.15, -0.1) is 0 Å². The maximum absolute atomic E-state index is 12.6. The minimum absolute atomic E-state index is 0.104. The Morgan fingerprint density at radius 1 is 1.21 bits per heavy atom. The van der Waals surface area contributed by atoms with Gasteiger partial charge in [-0.1, -0.05) is 6.07 Å². The topological polar surface area (TPSA) is 37.3 Å². The highest BCUT2D eigenvalue weighted by Gasteiger charge is 2.30. The largest absolute Gasteiger partial charge is 0.478 e. The summed E-state index contributed by atoms with van der Waals surface area (Å²) >= 11 is 1.20. The van der Waals surface area contributed by atoms with E-state index >= 15 is 0 Å². The van der Waals surface area contributed by atoms with Gasteiger partial charge in [-0.05, 0) is 35.6 Å². The third-order valence-corrected chi connectivity index (χ3v) is 3.48. The van der Waals surface area contributed by atoms with Crippen LogP contribution in [0.15, 0.2) is 29.0 Å². The zero-order valence-electron chi connectivity index (χ0n) is 9.78. The number of rotatable bonds is 2. The second kappa shape index (κ2) is 4.70. The Labute approximate surface area is 111 Å². The van der Waals surface area contributed by atoms with Crippen molar-refractivity contribution in [1.82, 2.24) is 0 Å². The summed E-state index contributed by atoms with van der Waals surface area (Å²) in [5.41, 5.74) is 0.722. The smallest absolute Gasteiger partial charge is 0.416 e. The SMILES string of the molecule is Cc1cc(C(F)(F)F)ccc1-c1cscc1C(=O)O. The number of aromatic carboxylic acids is 1. The van der Waals surface area contributed by atoms with E-state index in [1.54, 1.807) is 5.38 Å². The van der Waals surface area contributed by atoms with E-state index in [1.165, 1.54) is 29.7 Å². The van der Waals surface area contributed by atoms with Gasteiger partial charge >= 0.3 is 12.1 Å². The number of halogens is 3. The Morgan fingerprint density at radius 3 is 2.42 bits per heavy atom. The molecular formula is C13H9F3O2S. The number of aryl methyl sites for hydroxylation is 1. The number of carboxylic acid groups (broad SMARTS) is 1. The number of alkyl halides is 3. The van der Waals surface area contributed by atoms with Crippen molar-refractivity contribution in [3.05, 3.63) is 45.6 Å². The molecule has 1 heterocycles. The van der Waals surface area contributed by atoms with Gasteiger partial charge in [0.25, 0.3) is 0 Å². The van der Waals surface area contributed by atoms with E-state index in [0.717, 1.165) is 12.1 Å². The summed E-state index contributed by atoms with van der Waals surface area (Å²) in [4.78, 5) is 11.0. The van der Waals surface area contributed by atoms with Crippen LogP contribution in [0.25, 0.3) is 11.1 Å². The van der Waals surface area contributed by atoms with Crippen LogP contribution in [-0.4, -0.2) is 11.1 Å². The monoisotopic (exact) mass is 286 g/mol. The van der Waals surface area contributed by atoms with Gasteiger partial charge in [0, 0.05) is 10.9 Å². The van der Waals surface area contributed by atoms with E-state index in [9.17, 15) is 18.0 Å². The average molecular weight is 286 g/mol. The summed E-state index contributed by atoms with van der Waals surface area (Å²) in [6, 6.07) is 3.30. The number of thiophene rings is 1. The highest BCUT2D eigenvalue weighted by Crippen LogP contribution is 2.35. The van der Waals surface area contributed by atoms with E-state index < -0.39 is 17.7 Å². The first kappa shape index (κ1) is 13.6. The van der Waals surface area contributed by atoms with Gasteiger partial charge in [0.05, 0.1) is 11.1 Å². The molecule has 2 rings (SSSR count). The predicted octanol–water partition coefficient (Wildman–Crippen LogP) is 4.44. The number of hydrogen-bond donors (Lipinski definition) is 1. The zero-order valence-corrected chi connectivity index (χ0v) is 10.6. The second-order valence-corrected chi connectivity index (χ2v) is 4.78. The van der Waals surface area contributed by atoms with Crippen LogP contribution in [-0.2, 0) is 6.18 Å². The molecule has 0 spiro atoms. The van der Waals surface area contributed by atoms with Gasteiger partial charge in [-0.3, -0.25) is 0 Å².